The zero-order chi connectivity index (χ0) is 13.3. The van der Waals surface area contributed by atoms with Gasteiger partial charge in [-0.15, -0.1) is 0 Å². The summed E-state index contributed by atoms with van der Waals surface area (Å²) in [6.07, 6.45) is 1.91. The predicted molar refractivity (Wildman–Crippen MR) is 73.7 cm³/mol. The monoisotopic (exact) mass is 245 g/mol. The van der Waals surface area contributed by atoms with E-state index in [0.29, 0.717) is 11.9 Å². The molecule has 1 aromatic heterocycles. The van der Waals surface area contributed by atoms with E-state index >= 15 is 0 Å². The lowest BCUT2D eigenvalue weighted by Crippen LogP contribution is -1.94. The van der Waals surface area contributed by atoms with E-state index in [9.17, 15) is 0 Å². The van der Waals surface area contributed by atoms with Crippen molar-refractivity contribution in [1.29, 1.82) is 0 Å². The van der Waals surface area contributed by atoms with E-state index in [2.05, 4.69) is 31.0 Å². The quantitative estimate of drug-likeness (QED) is 0.904. The maximum Gasteiger partial charge on any atom is 0.200 e. The van der Waals surface area contributed by atoms with Crippen LogP contribution in [-0.2, 0) is 7.05 Å². The summed E-state index contributed by atoms with van der Waals surface area (Å²) in [4.78, 5) is 4.35. The lowest BCUT2D eigenvalue weighted by molar-refractivity contribution is 0.416. The number of nitrogens with zero attached hydrogens (tertiary/aromatic N) is 2. The third kappa shape index (κ3) is 2.18. The molecule has 1 heterocycles. The van der Waals surface area contributed by atoms with Gasteiger partial charge in [0.1, 0.15) is 5.75 Å². The standard InChI is InChI=1S/C14H19N3O/c1-9(2)10-5-6-13(18-4)11(7-10)12-8-17(3)14(15)16-12/h5-9H,1-4H3,(H2,15,16). The summed E-state index contributed by atoms with van der Waals surface area (Å²) in [5.74, 6) is 1.79. The molecule has 96 valence electrons. The van der Waals surface area contributed by atoms with Crippen molar-refractivity contribution in [1.82, 2.24) is 9.55 Å². The van der Waals surface area contributed by atoms with Crippen molar-refractivity contribution in [2.75, 3.05) is 12.8 Å². The largest absolute Gasteiger partial charge is 0.496 e. The molecule has 4 nitrogen and oxygen atoms in total. The predicted octanol–water partition coefficient (Wildman–Crippen LogP) is 2.80. The van der Waals surface area contributed by atoms with Gasteiger partial charge in [-0.2, -0.15) is 0 Å². The van der Waals surface area contributed by atoms with Gasteiger partial charge in [-0.1, -0.05) is 19.9 Å². The number of aryl methyl sites for hydroxylation is 1. The van der Waals surface area contributed by atoms with Gasteiger partial charge in [-0.3, -0.25) is 0 Å². The lowest BCUT2D eigenvalue weighted by atomic mass is 9.99. The minimum Gasteiger partial charge on any atom is -0.496 e. The maximum atomic E-state index is 5.78. The number of hydrogen-bond acceptors (Lipinski definition) is 3. The fourth-order valence-corrected chi connectivity index (χ4v) is 1.90. The molecule has 0 atom stereocenters. The van der Waals surface area contributed by atoms with E-state index in [1.165, 1.54) is 5.56 Å². The van der Waals surface area contributed by atoms with Crippen molar-refractivity contribution in [3.63, 3.8) is 0 Å². The van der Waals surface area contributed by atoms with Crippen LogP contribution in [0.1, 0.15) is 25.3 Å². The Hall–Kier alpha value is -1.97. The second-order valence-electron chi connectivity index (χ2n) is 4.71. The zero-order valence-corrected chi connectivity index (χ0v) is 11.3. The highest BCUT2D eigenvalue weighted by Crippen LogP contribution is 2.32. The molecule has 0 saturated carbocycles. The average molecular weight is 245 g/mol. The van der Waals surface area contributed by atoms with Crippen LogP contribution in [0.15, 0.2) is 24.4 Å². The minimum absolute atomic E-state index is 0.468. The number of benzene rings is 1. The number of ether oxygens (including phenoxy) is 1. The first-order valence-corrected chi connectivity index (χ1v) is 6.00. The number of nitrogen functional groups attached to an aromatic ring is 1. The Bertz CT molecular complexity index is 539. The van der Waals surface area contributed by atoms with E-state index in [1.807, 2.05) is 19.3 Å². The highest BCUT2D eigenvalue weighted by atomic mass is 16.5. The molecule has 0 fully saturated rings. The molecule has 0 aliphatic carbocycles. The van der Waals surface area contributed by atoms with Gasteiger partial charge in [-0.25, -0.2) is 4.98 Å². The lowest BCUT2D eigenvalue weighted by Gasteiger charge is -2.11. The van der Waals surface area contributed by atoms with Gasteiger partial charge < -0.3 is 15.0 Å². The molecule has 2 rings (SSSR count). The van der Waals surface area contributed by atoms with Crippen LogP contribution in [0.5, 0.6) is 5.75 Å². The van der Waals surface area contributed by atoms with Crippen molar-refractivity contribution in [3.8, 4) is 17.0 Å². The molecule has 0 aliphatic heterocycles. The van der Waals surface area contributed by atoms with Gasteiger partial charge in [-0.05, 0) is 23.6 Å². The Morgan fingerprint density at radius 2 is 2.06 bits per heavy atom. The second-order valence-corrected chi connectivity index (χ2v) is 4.71. The van der Waals surface area contributed by atoms with Crippen LogP contribution >= 0.6 is 0 Å². The van der Waals surface area contributed by atoms with Gasteiger partial charge >= 0.3 is 0 Å². The minimum atomic E-state index is 0.468. The fourth-order valence-electron chi connectivity index (χ4n) is 1.90. The van der Waals surface area contributed by atoms with Crippen molar-refractivity contribution in [3.05, 3.63) is 30.0 Å². The molecule has 0 radical (unpaired) electrons. The van der Waals surface area contributed by atoms with Crippen LogP contribution in [0.4, 0.5) is 5.95 Å². The molecule has 4 heteroatoms. The Morgan fingerprint density at radius 3 is 2.56 bits per heavy atom. The van der Waals surface area contributed by atoms with Crippen LogP contribution in [0.25, 0.3) is 11.3 Å². The van der Waals surface area contributed by atoms with Gasteiger partial charge in [0.25, 0.3) is 0 Å². The number of imidazole rings is 1. The van der Waals surface area contributed by atoms with Crippen LogP contribution in [0.2, 0.25) is 0 Å². The van der Waals surface area contributed by atoms with Crippen LogP contribution in [0, 0.1) is 0 Å². The number of hydrogen-bond donors (Lipinski definition) is 1. The highest BCUT2D eigenvalue weighted by molar-refractivity contribution is 5.69. The first-order chi connectivity index (χ1) is 8.52. The topological polar surface area (TPSA) is 53.1 Å². The first-order valence-electron chi connectivity index (χ1n) is 6.00. The van der Waals surface area contributed by atoms with Crippen molar-refractivity contribution < 1.29 is 4.74 Å². The molecule has 0 unspecified atom stereocenters. The number of anilines is 1. The molecule has 0 bridgehead atoms. The highest BCUT2D eigenvalue weighted by Gasteiger charge is 2.12. The van der Waals surface area contributed by atoms with Gasteiger partial charge in [0.05, 0.1) is 12.8 Å². The van der Waals surface area contributed by atoms with Gasteiger partial charge in [0, 0.05) is 18.8 Å². The van der Waals surface area contributed by atoms with E-state index in [4.69, 9.17) is 10.5 Å². The molecule has 1 aromatic carbocycles. The third-order valence-corrected chi connectivity index (χ3v) is 3.08. The molecule has 2 N–H and O–H groups in total. The van der Waals surface area contributed by atoms with Crippen molar-refractivity contribution in [2.45, 2.75) is 19.8 Å². The van der Waals surface area contributed by atoms with Crippen molar-refractivity contribution >= 4 is 5.95 Å². The molecular weight excluding hydrogens is 226 g/mol. The van der Waals surface area contributed by atoms with Crippen LogP contribution in [-0.4, -0.2) is 16.7 Å². The Balaban J connectivity index is 2.56. The first kappa shape index (κ1) is 12.5. The molecule has 0 saturated heterocycles. The number of methoxy groups -OCH3 is 1. The summed E-state index contributed by atoms with van der Waals surface area (Å²) in [6, 6.07) is 6.18. The Kier molecular flexibility index (Phi) is 3.28. The van der Waals surface area contributed by atoms with Gasteiger partial charge in [0.2, 0.25) is 0 Å². The number of rotatable bonds is 3. The molecule has 2 aromatic rings. The van der Waals surface area contributed by atoms with Crippen molar-refractivity contribution in [2.24, 2.45) is 7.05 Å². The fraction of sp³-hybridized carbons (Fsp3) is 0.357. The van der Waals surface area contributed by atoms with E-state index in [-0.39, 0.29) is 0 Å². The van der Waals surface area contributed by atoms with Crippen LogP contribution < -0.4 is 10.5 Å². The number of aromatic nitrogens is 2. The Labute approximate surface area is 107 Å². The number of nitrogens with two attached hydrogens (primary N) is 1. The molecule has 0 aliphatic rings. The summed E-state index contributed by atoms with van der Waals surface area (Å²) >= 11 is 0. The average Bonchev–Trinajstić information content (AvgIpc) is 2.68. The van der Waals surface area contributed by atoms with E-state index in [1.54, 1.807) is 11.7 Å². The summed E-state index contributed by atoms with van der Waals surface area (Å²) in [5.41, 5.74) is 8.86. The molecule has 0 spiro atoms. The summed E-state index contributed by atoms with van der Waals surface area (Å²) in [7, 11) is 3.55. The molecule has 18 heavy (non-hydrogen) atoms. The summed E-state index contributed by atoms with van der Waals surface area (Å²) in [6.45, 7) is 4.33. The summed E-state index contributed by atoms with van der Waals surface area (Å²) < 4.78 is 7.20. The summed E-state index contributed by atoms with van der Waals surface area (Å²) in [5, 5.41) is 0. The van der Waals surface area contributed by atoms with Gasteiger partial charge in [0.15, 0.2) is 5.95 Å². The normalized spacial score (nSPS) is 10.9. The molecule has 0 amide bonds. The molecular formula is C14H19N3O. The Morgan fingerprint density at radius 1 is 1.33 bits per heavy atom. The zero-order valence-electron chi connectivity index (χ0n) is 11.3. The maximum absolute atomic E-state index is 5.78. The SMILES string of the molecule is COc1ccc(C(C)C)cc1-c1cn(C)c(N)n1. The third-order valence-electron chi connectivity index (χ3n) is 3.08. The van der Waals surface area contributed by atoms with E-state index in [0.717, 1.165) is 17.0 Å². The van der Waals surface area contributed by atoms with E-state index < -0.39 is 0 Å². The smallest absolute Gasteiger partial charge is 0.200 e. The second kappa shape index (κ2) is 4.72. The van der Waals surface area contributed by atoms with Crippen LogP contribution in [0.3, 0.4) is 0 Å².